The molecule has 1 heterocycles. The first-order valence-electron chi connectivity index (χ1n) is 7.67. The van der Waals surface area contributed by atoms with Crippen LogP contribution in [0, 0.1) is 18.6 Å². The zero-order chi connectivity index (χ0) is 18.7. The number of hydrogen-bond donors (Lipinski definition) is 2. The number of aryl methyl sites for hydroxylation is 1. The van der Waals surface area contributed by atoms with Crippen molar-refractivity contribution >= 4 is 11.8 Å². The molecule has 2 aromatic carbocycles. The van der Waals surface area contributed by atoms with E-state index >= 15 is 0 Å². The summed E-state index contributed by atoms with van der Waals surface area (Å²) in [5.74, 6) is -3.20. The van der Waals surface area contributed by atoms with Gasteiger partial charge >= 0.3 is 5.91 Å². The second-order valence-corrected chi connectivity index (χ2v) is 5.54. The number of benzene rings is 2. The molecule has 132 valence electrons. The number of amides is 2. The third kappa shape index (κ3) is 3.61. The molecule has 5 nitrogen and oxygen atoms in total. The van der Waals surface area contributed by atoms with Gasteiger partial charge in [0.25, 0.3) is 5.91 Å². The molecule has 0 spiro atoms. The summed E-state index contributed by atoms with van der Waals surface area (Å²) in [6.07, 6.45) is 0. The van der Waals surface area contributed by atoms with Crippen LogP contribution in [0.25, 0.3) is 11.3 Å². The number of rotatable bonds is 3. The lowest BCUT2D eigenvalue weighted by atomic mass is 10.1. The average molecular weight is 356 g/mol. The molecule has 0 aliphatic rings. The second kappa shape index (κ2) is 7.18. The van der Waals surface area contributed by atoms with E-state index in [1.165, 1.54) is 18.2 Å². The fraction of sp³-hybridized carbons (Fsp3) is 0.0526. The van der Waals surface area contributed by atoms with Crippen molar-refractivity contribution in [2.45, 2.75) is 6.92 Å². The van der Waals surface area contributed by atoms with Crippen molar-refractivity contribution < 1.29 is 22.8 Å². The van der Waals surface area contributed by atoms with Gasteiger partial charge in [-0.2, -0.15) is 0 Å². The fourth-order valence-electron chi connectivity index (χ4n) is 2.36. The lowest BCUT2D eigenvalue weighted by molar-refractivity contribution is 0.0831. The molecule has 26 heavy (non-hydrogen) atoms. The molecule has 1 aromatic heterocycles. The van der Waals surface area contributed by atoms with E-state index in [0.717, 1.165) is 17.7 Å². The van der Waals surface area contributed by atoms with Crippen LogP contribution in [0.3, 0.4) is 0 Å². The van der Waals surface area contributed by atoms with E-state index < -0.39 is 23.4 Å². The normalized spacial score (nSPS) is 10.4. The Labute approximate surface area is 147 Å². The van der Waals surface area contributed by atoms with Crippen LogP contribution in [-0.2, 0) is 0 Å². The highest BCUT2D eigenvalue weighted by atomic mass is 19.1. The first-order chi connectivity index (χ1) is 12.5. The van der Waals surface area contributed by atoms with Gasteiger partial charge in [-0.25, -0.2) is 8.78 Å². The number of hydrazine groups is 1. The molecular weight excluding hydrogens is 342 g/mol. The fourth-order valence-corrected chi connectivity index (χ4v) is 2.36. The minimum absolute atomic E-state index is 0.129. The van der Waals surface area contributed by atoms with Crippen LogP contribution in [0.4, 0.5) is 8.78 Å². The van der Waals surface area contributed by atoms with Gasteiger partial charge in [0, 0.05) is 5.56 Å². The maximum atomic E-state index is 13.8. The molecule has 0 aliphatic carbocycles. The Kier molecular flexibility index (Phi) is 4.79. The summed E-state index contributed by atoms with van der Waals surface area (Å²) in [5, 5.41) is 0. The molecule has 3 rings (SSSR count). The maximum absolute atomic E-state index is 13.8. The van der Waals surface area contributed by atoms with Crippen LogP contribution in [0.1, 0.15) is 26.5 Å². The molecule has 0 unspecified atom stereocenters. The van der Waals surface area contributed by atoms with E-state index in [9.17, 15) is 18.4 Å². The predicted molar refractivity (Wildman–Crippen MR) is 90.2 cm³/mol. The van der Waals surface area contributed by atoms with Crippen molar-refractivity contribution in [2.24, 2.45) is 0 Å². The summed E-state index contributed by atoms with van der Waals surface area (Å²) in [7, 11) is 0. The molecular formula is C19H14F2N2O3. The van der Waals surface area contributed by atoms with Crippen LogP contribution in [0.15, 0.2) is 59.0 Å². The van der Waals surface area contributed by atoms with Crippen LogP contribution in [0.2, 0.25) is 0 Å². The maximum Gasteiger partial charge on any atom is 0.305 e. The molecule has 0 bridgehead atoms. The van der Waals surface area contributed by atoms with Gasteiger partial charge < -0.3 is 4.42 Å². The van der Waals surface area contributed by atoms with Gasteiger partial charge in [0.1, 0.15) is 17.4 Å². The highest BCUT2D eigenvalue weighted by Gasteiger charge is 2.18. The van der Waals surface area contributed by atoms with Gasteiger partial charge in [-0.15, -0.1) is 0 Å². The summed E-state index contributed by atoms with van der Waals surface area (Å²) in [6, 6.07) is 12.7. The Morgan fingerprint density at radius 1 is 0.885 bits per heavy atom. The molecule has 2 amide bonds. The Morgan fingerprint density at radius 2 is 1.54 bits per heavy atom. The standard InChI is InChI=1S/C19H14F2N2O3/c1-11-4-2-5-12(10-11)18(24)22-23-19(25)16-9-8-15(26-16)17-13(20)6-3-7-14(17)21/h2-10H,1H3,(H,22,24)(H,23,25). The quantitative estimate of drug-likeness (QED) is 0.705. The molecule has 0 fully saturated rings. The van der Waals surface area contributed by atoms with E-state index in [1.54, 1.807) is 18.2 Å². The first kappa shape index (κ1) is 17.3. The second-order valence-electron chi connectivity index (χ2n) is 5.54. The van der Waals surface area contributed by atoms with Crippen LogP contribution in [-0.4, -0.2) is 11.8 Å². The number of halogens is 2. The zero-order valence-electron chi connectivity index (χ0n) is 13.7. The Bertz CT molecular complexity index is 962. The lowest BCUT2D eigenvalue weighted by Crippen LogP contribution is -2.41. The van der Waals surface area contributed by atoms with Crippen LogP contribution < -0.4 is 10.9 Å². The highest BCUT2D eigenvalue weighted by Crippen LogP contribution is 2.27. The number of hydrogen-bond acceptors (Lipinski definition) is 3. The van der Waals surface area contributed by atoms with Gasteiger partial charge in [-0.1, -0.05) is 23.8 Å². The van der Waals surface area contributed by atoms with Gasteiger partial charge in [-0.05, 0) is 43.3 Å². The third-order valence-electron chi connectivity index (χ3n) is 3.61. The summed E-state index contributed by atoms with van der Waals surface area (Å²) < 4.78 is 32.7. The number of carbonyl (C=O) groups excluding carboxylic acids is 2. The molecule has 0 saturated carbocycles. The Morgan fingerprint density at radius 3 is 2.23 bits per heavy atom. The van der Waals surface area contributed by atoms with Crippen LogP contribution in [0.5, 0.6) is 0 Å². The molecule has 0 saturated heterocycles. The summed E-state index contributed by atoms with van der Waals surface area (Å²) in [5.41, 5.74) is 5.34. The van der Waals surface area contributed by atoms with Crippen molar-refractivity contribution in [3.63, 3.8) is 0 Å². The Balaban J connectivity index is 1.70. The number of furan rings is 1. The van der Waals surface area contributed by atoms with Crippen LogP contribution >= 0.6 is 0 Å². The SMILES string of the molecule is Cc1cccc(C(=O)NNC(=O)c2ccc(-c3c(F)cccc3F)o2)c1. The molecule has 3 aromatic rings. The molecule has 0 atom stereocenters. The van der Waals surface area contributed by atoms with Crippen molar-refractivity contribution in [1.82, 2.24) is 10.9 Å². The van der Waals surface area contributed by atoms with Gasteiger partial charge in [0.2, 0.25) is 0 Å². The van der Waals surface area contributed by atoms with E-state index in [-0.39, 0.29) is 17.1 Å². The lowest BCUT2D eigenvalue weighted by Gasteiger charge is -2.06. The Hall–Kier alpha value is -3.48. The van der Waals surface area contributed by atoms with Crippen molar-refractivity contribution in [3.8, 4) is 11.3 Å². The molecule has 7 heteroatoms. The van der Waals surface area contributed by atoms with Crippen molar-refractivity contribution in [2.75, 3.05) is 0 Å². The summed E-state index contributed by atoms with van der Waals surface area (Å²) >= 11 is 0. The third-order valence-corrected chi connectivity index (χ3v) is 3.61. The smallest absolute Gasteiger partial charge is 0.305 e. The predicted octanol–water partition coefficient (Wildman–Crippen LogP) is 3.61. The first-order valence-corrected chi connectivity index (χ1v) is 7.67. The molecule has 0 radical (unpaired) electrons. The monoisotopic (exact) mass is 356 g/mol. The van der Waals surface area contributed by atoms with Crippen molar-refractivity contribution in [1.29, 1.82) is 0 Å². The topological polar surface area (TPSA) is 71.3 Å². The molecule has 2 N–H and O–H groups in total. The zero-order valence-corrected chi connectivity index (χ0v) is 13.7. The summed E-state index contributed by atoms with van der Waals surface area (Å²) in [4.78, 5) is 24.0. The van der Waals surface area contributed by atoms with Gasteiger partial charge in [0.05, 0.1) is 5.56 Å². The van der Waals surface area contributed by atoms with Gasteiger partial charge in [0.15, 0.2) is 5.76 Å². The number of carbonyl (C=O) groups is 2. The minimum Gasteiger partial charge on any atom is -0.451 e. The van der Waals surface area contributed by atoms with E-state index in [4.69, 9.17) is 4.42 Å². The van der Waals surface area contributed by atoms with E-state index in [2.05, 4.69) is 10.9 Å². The van der Waals surface area contributed by atoms with Gasteiger partial charge in [-0.3, -0.25) is 20.4 Å². The van der Waals surface area contributed by atoms with E-state index in [1.807, 2.05) is 13.0 Å². The number of nitrogens with one attached hydrogen (secondary N) is 2. The van der Waals surface area contributed by atoms with Crippen molar-refractivity contribution in [3.05, 3.63) is 83.1 Å². The average Bonchev–Trinajstić information content (AvgIpc) is 3.09. The largest absolute Gasteiger partial charge is 0.451 e. The minimum atomic E-state index is -0.806. The molecule has 0 aliphatic heterocycles. The van der Waals surface area contributed by atoms with E-state index in [0.29, 0.717) is 5.56 Å². The summed E-state index contributed by atoms with van der Waals surface area (Å²) in [6.45, 7) is 1.83. The highest BCUT2D eigenvalue weighted by molar-refractivity contribution is 5.98.